The third-order valence-electron chi connectivity index (χ3n) is 4.92. The number of benzene rings is 2. The van der Waals surface area contributed by atoms with E-state index in [1.807, 2.05) is 60.7 Å². The molecule has 0 amide bonds. The molecule has 0 saturated carbocycles. The van der Waals surface area contributed by atoms with Gasteiger partial charge in [-0.1, -0.05) is 67.5 Å². The highest BCUT2D eigenvalue weighted by Gasteiger charge is 2.40. The average molecular weight is 479 g/mol. The molecule has 4 N–H and O–H groups in total. The van der Waals surface area contributed by atoms with Gasteiger partial charge in [0, 0.05) is 6.85 Å². The van der Waals surface area contributed by atoms with Crippen LogP contribution in [0.15, 0.2) is 60.7 Å². The van der Waals surface area contributed by atoms with E-state index in [0.717, 1.165) is 25.7 Å². The van der Waals surface area contributed by atoms with Crippen molar-refractivity contribution >= 4 is 17.9 Å². The van der Waals surface area contributed by atoms with Gasteiger partial charge in [0.05, 0.1) is 12.8 Å². The Bertz CT molecular complexity index is 988. The molecular weight excluding hydrogens is 438 g/mol. The van der Waals surface area contributed by atoms with Gasteiger partial charge in [-0.25, -0.2) is 4.79 Å². The Morgan fingerprint density at radius 2 is 1.24 bits per heavy atom. The van der Waals surface area contributed by atoms with Gasteiger partial charge in [0.2, 0.25) is 0 Å². The first-order chi connectivity index (χ1) is 18.1. The van der Waals surface area contributed by atoms with Gasteiger partial charge in [0.15, 0.2) is 5.60 Å². The van der Waals surface area contributed by atoms with Crippen LogP contribution in [0.1, 0.15) is 50.5 Å². The molecule has 2 rings (SSSR count). The topological polar surface area (TPSA) is 135 Å². The lowest BCUT2D eigenvalue weighted by molar-refractivity contribution is -0.170. The summed E-state index contributed by atoms with van der Waals surface area (Å²) in [5.41, 5.74) is -0.366. The molecule has 0 spiro atoms. The Labute approximate surface area is 207 Å². The van der Waals surface area contributed by atoms with Crippen LogP contribution in [0.4, 0.5) is 0 Å². The van der Waals surface area contributed by atoms with Crippen LogP contribution in [-0.4, -0.2) is 68.4 Å². The highest BCUT2D eigenvalue weighted by molar-refractivity contribution is 5.88. The van der Waals surface area contributed by atoms with Crippen LogP contribution in [0.25, 0.3) is 0 Å². The molecule has 0 heterocycles. The second-order valence-electron chi connectivity index (χ2n) is 7.75. The van der Waals surface area contributed by atoms with Crippen molar-refractivity contribution in [3.63, 3.8) is 0 Å². The molecule has 0 fully saturated rings. The fourth-order valence-electron chi connectivity index (χ4n) is 3.18. The van der Waals surface area contributed by atoms with Gasteiger partial charge in [0.25, 0.3) is 0 Å². The van der Waals surface area contributed by atoms with Crippen molar-refractivity contribution in [3.05, 3.63) is 71.8 Å². The van der Waals surface area contributed by atoms with E-state index < -0.39 is 49.7 Å². The molecule has 2 aromatic rings. The van der Waals surface area contributed by atoms with Gasteiger partial charge in [-0.15, -0.1) is 0 Å². The SMILES string of the molecule is O=C(O)CC(O)(CC(=O)O)C(=O)O.[2H]C([2H])([2H])C([2H])([2H])N(CCCc1ccccc1)CCCc1ccccc1. The van der Waals surface area contributed by atoms with E-state index in [1.165, 1.54) is 16.0 Å². The van der Waals surface area contributed by atoms with Gasteiger partial charge < -0.3 is 25.3 Å². The second-order valence-corrected chi connectivity index (χ2v) is 7.75. The Kier molecular flexibility index (Phi) is 9.77. The lowest BCUT2D eigenvalue weighted by Gasteiger charge is -2.20. The number of aliphatic carboxylic acids is 3. The zero-order valence-corrected chi connectivity index (χ0v) is 18.9. The van der Waals surface area contributed by atoms with E-state index >= 15 is 0 Å². The van der Waals surface area contributed by atoms with E-state index in [1.54, 1.807) is 0 Å². The number of rotatable bonds is 14. The van der Waals surface area contributed by atoms with Crippen molar-refractivity contribution in [1.82, 2.24) is 4.90 Å². The van der Waals surface area contributed by atoms with Gasteiger partial charge >= 0.3 is 17.9 Å². The number of hydrogen-bond acceptors (Lipinski definition) is 5. The zero-order valence-electron chi connectivity index (χ0n) is 23.9. The van der Waals surface area contributed by atoms with Crippen molar-refractivity contribution in [2.24, 2.45) is 0 Å². The average Bonchev–Trinajstić information content (AvgIpc) is 2.83. The molecule has 0 aromatic heterocycles. The number of aryl methyl sites for hydroxylation is 2. The van der Waals surface area contributed by atoms with Crippen molar-refractivity contribution in [1.29, 1.82) is 0 Å². The molecule has 186 valence electrons. The van der Waals surface area contributed by atoms with E-state index in [-0.39, 0.29) is 0 Å². The molecule has 0 bridgehead atoms. The summed E-state index contributed by atoms with van der Waals surface area (Å²) in [5, 5.41) is 33.8. The Balaban J connectivity index is 0.000000495. The largest absolute Gasteiger partial charge is 0.481 e. The molecule has 2 aromatic carbocycles. The molecule has 0 unspecified atom stereocenters. The highest BCUT2D eigenvalue weighted by atomic mass is 16.4. The predicted octanol–water partition coefficient (Wildman–Crippen LogP) is 3.33. The van der Waals surface area contributed by atoms with Crippen molar-refractivity contribution in [2.45, 2.75) is 51.0 Å². The monoisotopic (exact) mass is 478 g/mol. The fraction of sp³-hybridized carbons (Fsp3) is 0.423. The molecule has 0 saturated heterocycles. The van der Waals surface area contributed by atoms with E-state index in [2.05, 4.69) is 0 Å². The fourth-order valence-corrected chi connectivity index (χ4v) is 3.18. The molecule has 0 radical (unpaired) electrons. The van der Waals surface area contributed by atoms with E-state index in [0.29, 0.717) is 13.1 Å². The van der Waals surface area contributed by atoms with Crippen molar-refractivity contribution in [3.8, 4) is 0 Å². The second kappa shape index (κ2) is 15.6. The van der Waals surface area contributed by atoms with Crippen LogP contribution in [0.3, 0.4) is 0 Å². The molecule has 8 heteroatoms. The van der Waals surface area contributed by atoms with Crippen LogP contribution < -0.4 is 0 Å². The minimum absolute atomic E-state index is 0.426. The summed E-state index contributed by atoms with van der Waals surface area (Å²) in [6, 6.07) is 20.0. The number of carbonyl (C=O) groups is 3. The third-order valence-corrected chi connectivity index (χ3v) is 4.92. The number of aliphatic hydroxyl groups is 1. The van der Waals surface area contributed by atoms with Gasteiger partial charge in [-0.2, -0.15) is 0 Å². The summed E-state index contributed by atoms with van der Waals surface area (Å²) >= 11 is 0. The molecular formula is C26H35NO7. The Hall–Kier alpha value is -3.23. The molecule has 8 nitrogen and oxygen atoms in total. The molecule has 34 heavy (non-hydrogen) atoms. The number of carboxylic acid groups (broad SMARTS) is 3. The Morgan fingerprint density at radius 1 is 0.824 bits per heavy atom. The van der Waals surface area contributed by atoms with Crippen molar-refractivity contribution in [2.75, 3.05) is 19.6 Å². The highest BCUT2D eigenvalue weighted by Crippen LogP contribution is 2.15. The number of carboxylic acids is 3. The van der Waals surface area contributed by atoms with Crippen LogP contribution in [-0.2, 0) is 27.2 Å². The summed E-state index contributed by atoms with van der Waals surface area (Å²) < 4.78 is 39.0. The molecule has 0 aliphatic rings. The summed E-state index contributed by atoms with van der Waals surface area (Å²) in [5.74, 6) is -5.02. The standard InChI is InChI=1S/C20H27N.C6H8O7/c1-2-21(17-9-15-19-11-5-3-6-12-19)18-10-16-20-13-7-4-8-14-20;7-3(8)1-6(13,5(11)12)2-4(9)10/h3-8,11-14H,2,9-10,15-18H2,1H3;13H,1-2H2,(H,7,8)(H,9,10)(H,11,12)/i1D3,2D2;. The summed E-state index contributed by atoms with van der Waals surface area (Å²) in [6.45, 7) is -4.13. The van der Waals surface area contributed by atoms with E-state index in [4.69, 9.17) is 27.3 Å². The van der Waals surface area contributed by atoms with Gasteiger partial charge in [-0.05, 0) is 56.4 Å². The lowest BCUT2D eigenvalue weighted by atomic mass is 9.96. The maximum absolute atomic E-state index is 10.3. The minimum atomic E-state index is -2.74. The first-order valence-electron chi connectivity index (χ1n) is 13.3. The smallest absolute Gasteiger partial charge is 0.336 e. The first-order valence-corrected chi connectivity index (χ1v) is 10.8. The first kappa shape index (κ1) is 21.3. The normalized spacial score (nSPS) is 13.9. The van der Waals surface area contributed by atoms with Crippen molar-refractivity contribution < 1.29 is 41.7 Å². The third kappa shape index (κ3) is 12.1. The van der Waals surface area contributed by atoms with Gasteiger partial charge in [-0.3, -0.25) is 9.59 Å². The minimum Gasteiger partial charge on any atom is -0.481 e. The van der Waals surface area contributed by atoms with Crippen LogP contribution >= 0.6 is 0 Å². The zero-order chi connectivity index (χ0) is 29.7. The van der Waals surface area contributed by atoms with Gasteiger partial charge in [0.1, 0.15) is 0 Å². The maximum Gasteiger partial charge on any atom is 0.336 e. The lowest BCUT2D eigenvalue weighted by Crippen LogP contribution is -2.42. The summed E-state index contributed by atoms with van der Waals surface area (Å²) in [7, 11) is 0. The summed E-state index contributed by atoms with van der Waals surface area (Å²) in [6.07, 6.45) is 0.791. The van der Waals surface area contributed by atoms with Crippen LogP contribution in [0.2, 0.25) is 0 Å². The number of hydrogen-bond donors (Lipinski definition) is 4. The molecule has 0 atom stereocenters. The Morgan fingerprint density at radius 3 is 1.56 bits per heavy atom. The maximum atomic E-state index is 10.3. The van der Waals surface area contributed by atoms with Crippen LogP contribution in [0.5, 0.6) is 0 Å². The van der Waals surface area contributed by atoms with E-state index in [9.17, 15) is 14.4 Å². The predicted molar refractivity (Wildman–Crippen MR) is 129 cm³/mol. The quantitative estimate of drug-likeness (QED) is 0.325. The number of nitrogens with zero attached hydrogens (tertiary/aromatic N) is 1. The summed E-state index contributed by atoms with van der Waals surface area (Å²) in [4.78, 5) is 32.0. The molecule has 0 aliphatic carbocycles. The van der Waals surface area contributed by atoms with Crippen LogP contribution in [0, 0.1) is 0 Å². The molecule has 0 aliphatic heterocycles.